The van der Waals surface area contributed by atoms with Crippen molar-refractivity contribution in [1.29, 1.82) is 5.26 Å². The summed E-state index contributed by atoms with van der Waals surface area (Å²) in [5, 5.41) is 20.5. The lowest BCUT2D eigenvalue weighted by atomic mass is 10.0. The molecule has 1 heterocycles. The topological polar surface area (TPSA) is 102 Å². The number of hydrogen-bond acceptors (Lipinski definition) is 6. The van der Waals surface area contributed by atoms with Crippen molar-refractivity contribution in [2.45, 2.75) is 19.9 Å². The molecule has 0 radical (unpaired) electrons. The minimum atomic E-state index is -0.660. The van der Waals surface area contributed by atoms with E-state index in [0.29, 0.717) is 18.1 Å². The molecule has 28 heavy (non-hydrogen) atoms. The first kappa shape index (κ1) is 21.8. The van der Waals surface area contributed by atoms with E-state index in [2.05, 4.69) is 0 Å². The molecule has 0 amide bonds. The van der Waals surface area contributed by atoms with E-state index in [9.17, 15) is 20.0 Å². The Labute approximate surface area is 171 Å². The fraction of sp³-hybridized carbons (Fsp3) is 0.316. The zero-order valence-corrected chi connectivity index (χ0v) is 16.8. The normalized spacial score (nSPS) is 10.5. The summed E-state index contributed by atoms with van der Waals surface area (Å²) in [6.45, 7) is 1.43. The first-order valence-electron chi connectivity index (χ1n) is 8.28. The second-order valence-corrected chi connectivity index (χ2v) is 6.74. The van der Waals surface area contributed by atoms with Gasteiger partial charge in [0.15, 0.2) is 6.61 Å². The van der Waals surface area contributed by atoms with Crippen LogP contribution in [0.5, 0.6) is 11.6 Å². The van der Waals surface area contributed by atoms with Gasteiger partial charge in [0.2, 0.25) is 11.7 Å². The summed E-state index contributed by atoms with van der Waals surface area (Å²) in [5.41, 5.74) is -0.905. The Bertz CT molecular complexity index is 995. The molecule has 2 aromatic rings. The van der Waals surface area contributed by atoms with E-state index < -0.39 is 23.8 Å². The molecule has 0 unspecified atom stereocenters. The Hall–Kier alpha value is -2.53. The van der Waals surface area contributed by atoms with Gasteiger partial charge in [0.1, 0.15) is 17.4 Å². The van der Waals surface area contributed by atoms with Crippen LogP contribution < -0.4 is 10.3 Å². The van der Waals surface area contributed by atoms with Crippen molar-refractivity contribution in [3.63, 3.8) is 0 Å². The summed E-state index contributed by atoms with van der Waals surface area (Å²) in [4.78, 5) is 25.1. The molecule has 0 atom stereocenters. The van der Waals surface area contributed by atoms with Gasteiger partial charge in [-0.25, -0.2) is 0 Å². The molecule has 1 aromatic carbocycles. The van der Waals surface area contributed by atoms with Gasteiger partial charge in [0.25, 0.3) is 5.56 Å². The smallest absolute Gasteiger partial charge is 0.271 e. The number of aromatic hydroxyl groups is 1. The molecule has 0 fully saturated rings. The van der Waals surface area contributed by atoms with Crippen molar-refractivity contribution in [3.05, 3.63) is 55.3 Å². The number of Topliss-reactive ketones (excluding diaryl/α,β-unsaturated/α-hetero) is 1. The van der Waals surface area contributed by atoms with Crippen LogP contribution in [-0.4, -0.2) is 35.8 Å². The number of rotatable bonds is 8. The number of benzene rings is 1. The molecule has 1 aromatic heterocycles. The first-order chi connectivity index (χ1) is 13.3. The Morgan fingerprint density at radius 1 is 1.36 bits per heavy atom. The fourth-order valence-electron chi connectivity index (χ4n) is 2.67. The largest absolute Gasteiger partial charge is 0.494 e. The molecule has 0 aliphatic carbocycles. The van der Waals surface area contributed by atoms with E-state index in [1.54, 1.807) is 12.1 Å². The van der Waals surface area contributed by atoms with Gasteiger partial charge in [-0.05, 0) is 37.1 Å². The average Bonchev–Trinajstić information content (AvgIpc) is 2.64. The second kappa shape index (κ2) is 9.60. The van der Waals surface area contributed by atoms with Crippen molar-refractivity contribution in [3.8, 4) is 17.7 Å². The number of ether oxygens (including phenoxy) is 2. The van der Waals surface area contributed by atoms with Crippen LogP contribution >= 0.6 is 23.2 Å². The van der Waals surface area contributed by atoms with Crippen molar-refractivity contribution in [1.82, 2.24) is 4.57 Å². The van der Waals surface area contributed by atoms with Crippen LogP contribution in [-0.2, 0) is 11.3 Å². The van der Waals surface area contributed by atoms with Gasteiger partial charge in [0.05, 0.1) is 10.6 Å². The van der Waals surface area contributed by atoms with E-state index >= 15 is 0 Å². The molecule has 9 heteroatoms. The molecule has 0 aliphatic heterocycles. The SMILES string of the molecule is COCCCn1c(O)c(C(=O)COc2ccc(Cl)cc2Cl)c(C)c(C#N)c1=O. The lowest BCUT2D eigenvalue weighted by Gasteiger charge is -2.16. The van der Waals surface area contributed by atoms with Gasteiger partial charge >= 0.3 is 0 Å². The van der Waals surface area contributed by atoms with E-state index in [1.807, 2.05) is 0 Å². The molecule has 0 saturated carbocycles. The highest BCUT2D eigenvalue weighted by molar-refractivity contribution is 6.35. The fourth-order valence-corrected chi connectivity index (χ4v) is 3.13. The van der Waals surface area contributed by atoms with Gasteiger partial charge in [0, 0.05) is 25.3 Å². The molecule has 0 spiro atoms. The number of ketones is 1. The Balaban J connectivity index is 2.37. The van der Waals surface area contributed by atoms with Gasteiger partial charge in [-0.2, -0.15) is 5.26 Å². The maximum atomic E-state index is 12.7. The summed E-state index contributed by atoms with van der Waals surface area (Å²) in [6, 6.07) is 6.34. The van der Waals surface area contributed by atoms with Crippen LogP contribution in [0.2, 0.25) is 10.0 Å². The zero-order valence-electron chi connectivity index (χ0n) is 15.3. The molecular formula is C19H18Cl2N2O5. The van der Waals surface area contributed by atoms with Crippen LogP contribution in [0, 0.1) is 18.3 Å². The second-order valence-electron chi connectivity index (χ2n) is 5.90. The molecule has 0 aliphatic rings. The molecule has 148 valence electrons. The summed E-state index contributed by atoms with van der Waals surface area (Å²) in [7, 11) is 1.51. The van der Waals surface area contributed by atoms with Crippen LogP contribution in [0.15, 0.2) is 23.0 Å². The van der Waals surface area contributed by atoms with E-state index in [-0.39, 0.29) is 34.0 Å². The van der Waals surface area contributed by atoms with E-state index in [1.165, 1.54) is 26.2 Å². The minimum absolute atomic E-state index is 0.0949. The Morgan fingerprint density at radius 2 is 2.07 bits per heavy atom. The predicted octanol–water partition coefficient (Wildman–Crippen LogP) is 3.34. The number of nitriles is 1. The molecule has 2 rings (SSSR count). The lowest BCUT2D eigenvalue weighted by Crippen LogP contribution is -2.28. The lowest BCUT2D eigenvalue weighted by molar-refractivity contribution is 0.0916. The van der Waals surface area contributed by atoms with Crippen LogP contribution in [0.25, 0.3) is 0 Å². The highest BCUT2D eigenvalue weighted by Crippen LogP contribution is 2.28. The zero-order chi connectivity index (χ0) is 20.8. The number of carbonyl (C=O) groups excluding carboxylic acids is 1. The van der Waals surface area contributed by atoms with Gasteiger partial charge in [-0.3, -0.25) is 14.2 Å². The molecule has 7 nitrogen and oxygen atoms in total. The summed E-state index contributed by atoms with van der Waals surface area (Å²) >= 11 is 11.8. The first-order valence-corrected chi connectivity index (χ1v) is 9.03. The van der Waals surface area contributed by atoms with Crippen molar-refractivity contribution in [2.75, 3.05) is 20.3 Å². The standard InChI is InChI=1S/C19H18Cl2N2O5/c1-11-13(9-22)18(25)23(6-3-7-27-2)19(26)17(11)15(24)10-28-16-5-4-12(20)8-14(16)21/h4-5,8,26H,3,6-7,10H2,1-2H3. The van der Waals surface area contributed by atoms with E-state index in [4.69, 9.17) is 32.7 Å². The quantitative estimate of drug-likeness (QED) is 0.514. The number of carbonyl (C=O) groups is 1. The third-order valence-corrected chi connectivity index (χ3v) is 4.59. The monoisotopic (exact) mass is 424 g/mol. The average molecular weight is 425 g/mol. The molecule has 0 saturated heterocycles. The number of hydrogen-bond donors (Lipinski definition) is 1. The van der Waals surface area contributed by atoms with E-state index in [0.717, 1.165) is 4.57 Å². The van der Waals surface area contributed by atoms with Gasteiger partial charge < -0.3 is 14.6 Å². The minimum Gasteiger partial charge on any atom is -0.494 e. The summed E-state index contributed by atoms with van der Waals surface area (Å²) in [6.07, 6.45) is 0.419. The molecule has 1 N–H and O–H groups in total. The van der Waals surface area contributed by atoms with Crippen molar-refractivity contribution < 1.29 is 19.4 Å². The van der Waals surface area contributed by atoms with Crippen LogP contribution in [0.1, 0.15) is 27.9 Å². The third kappa shape index (κ3) is 4.65. The van der Waals surface area contributed by atoms with Gasteiger partial charge in [-0.15, -0.1) is 0 Å². The number of nitrogens with zero attached hydrogens (tertiary/aromatic N) is 2. The number of pyridine rings is 1. The number of aromatic nitrogens is 1. The van der Waals surface area contributed by atoms with Crippen molar-refractivity contribution >= 4 is 29.0 Å². The van der Waals surface area contributed by atoms with Gasteiger partial charge in [-0.1, -0.05) is 23.2 Å². The van der Waals surface area contributed by atoms with Crippen molar-refractivity contribution in [2.24, 2.45) is 0 Å². The van der Waals surface area contributed by atoms with Crippen LogP contribution in [0.3, 0.4) is 0 Å². The summed E-state index contributed by atoms with van der Waals surface area (Å²) in [5.74, 6) is -0.864. The maximum absolute atomic E-state index is 12.7. The highest BCUT2D eigenvalue weighted by Gasteiger charge is 2.24. The summed E-state index contributed by atoms with van der Waals surface area (Å²) < 4.78 is 11.3. The molecule has 0 bridgehead atoms. The number of halogens is 2. The van der Waals surface area contributed by atoms with Crippen LogP contribution in [0.4, 0.5) is 0 Å². The highest BCUT2D eigenvalue weighted by atomic mass is 35.5. The third-order valence-electron chi connectivity index (χ3n) is 4.06. The maximum Gasteiger partial charge on any atom is 0.271 e. The number of methoxy groups -OCH3 is 1. The predicted molar refractivity (Wildman–Crippen MR) is 105 cm³/mol. The molecular weight excluding hydrogens is 407 g/mol. The Morgan fingerprint density at radius 3 is 2.68 bits per heavy atom. The Kier molecular flexibility index (Phi) is 7.46.